The number of nitrogens with zero attached hydrogens (tertiary/aromatic N) is 3. The summed E-state index contributed by atoms with van der Waals surface area (Å²) in [6.07, 6.45) is 6.65. The number of carbonyl (C=O) groups excluding carboxylic acids is 2. The van der Waals surface area contributed by atoms with E-state index in [0.29, 0.717) is 45.4 Å². The van der Waals surface area contributed by atoms with Gasteiger partial charge in [-0.2, -0.15) is 0 Å². The molecule has 7 nitrogen and oxygen atoms in total. The summed E-state index contributed by atoms with van der Waals surface area (Å²) in [4.78, 5) is 30.5. The Bertz CT molecular complexity index is 487. The van der Waals surface area contributed by atoms with Crippen LogP contribution in [0, 0.1) is 0 Å². The summed E-state index contributed by atoms with van der Waals surface area (Å²) in [7, 11) is 0. The Morgan fingerprint density at radius 1 is 1.08 bits per heavy atom. The zero-order valence-corrected chi connectivity index (χ0v) is 15.9. The summed E-state index contributed by atoms with van der Waals surface area (Å²) < 4.78 is 5.07. The fourth-order valence-electron chi connectivity index (χ4n) is 4.64. The zero-order valence-electron chi connectivity index (χ0n) is 15.9. The highest BCUT2D eigenvalue weighted by Crippen LogP contribution is 2.25. The van der Waals surface area contributed by atoms with E-state index in [0.717, 1.165) is 25.7 Å². The van der Waals surface area contributed by atoms with Crippen LogP contribution in [0.3, 0.4) is 0 Å². The molecule has 26 heavy (non-hydrogen) atoms. The third kappa shape index (κ3) is 4.68. The van der Waals surface area contributed by atoms with Gasteiger partial charge in [-0.25, -0.2) is 4.79 Å². The van der Waals surface area contributed by atoms with Gasteiger partial charge < -0.3 is 19.6 Å². The molecule has 148 valence electrons. The van der Waals surface area contributed by atoms with E-state index in [1.54, 1.807) is 4.90 Å². The van der Waals surface area contributed by atoms with Crippen molar-refractivity contribution < 1.29 is 19.4 Å². The number of piperidine rings is 1. The highest BCUT2D eigenvalue weighted by Gasteiger charge is 2.36. The predicted octanol–water partition coefficient (Wildman–Crippen LogP) is 1.45. The van der Waals surface area contributed by atoms with E-state index >= 15 is 0 Å². The number of carbonyl (C=O) groups is 2. The first-order chi connectivity index (χ1) is 12.6. The second-order valence-corrected chi connectivity index (χ2v) is 7.84. The van der Waals surface area contributed by atoms with Gasteiger partial charge in [0.2, 0.25) is 5.91 Å². The predicted molar refractivity (Wildman–Crippen MR) is 97.8 cm³/mol. The van der Waals surface area contributed by atoms with Crippen LogP contribution in [-0.4, -0.2) is 89.3 Å². The SMILES string of the molecule is CCOC(=O)N1CCC(N2CC(=O)N(C3CCCCC3)CC(O)C2)CC1. The van der Waals surface area contributed by atoms with Crippen LogP contribution >= 0.6 is 0 Å². The number of β-amino-alcohol motifs (C(OH)–C–C–N with tert-alkyl or cyclic N) is 1. The minimum Gasteiger partial charge on any atom is -0.450 e. The van der Waals surface area contributed by atoms with E-state index in [1.807, 2.05) is 11.8 Å². The Morgan fingerprint density at radius 2 is 1.77 bits per heavy atom. The molecule has 1 atom stereocenters. The van der Waals surface area contributed by atoms with Crippen molar-refractivity contribution >= 4 is 12.0 Å². The van der Waals surface area contributed by atoms with Crippen LogP contribution < -0.4 is 0 Å². The normalized spacial score (nSPS) is 27.5. The lowest BCUT2D eigenvalue weighted by Crippen LogP contribution is -2.50. The van der Waals surface area contributed by atoms with E-state index in [4.69, 9.17) is 4.74 Å². The first-order valence-electron chi connectivity index (χ1n) is 10.2. The molecule has 1 N–H and O–H groups in total. The smallest absolute Gasteiger partial charge is 0.409 e. The molecule has 1 saturated carbocycles. The van der Waals surface area contributed by atoms with Gasteiger partial charge in [-0.3, -0.25) is 9.69 Å². The van der Waals surface area contributed by atoms with Crippen molar-refractivity contribution in [3.63, 3.8) is 0 Å². The maximum absolute atomic E-state index is 12.9. The Hall–Kier alpha value is -1.34. The molecular weight excluding hydrogens is 334 g/mol. The summed E-state index contributed by atoms with van der Waals surface area (Å²) in [6.45, 7) is 4.89. The van der Waals surface area contributed by atoms with Crippen molar-refractivity contribution in [1.29, 1.82) is 0 Å². The number of aliphatic hydroxyl groups is 1. The van der Waals surface area contributed by atoms with Crippen LogP contribution in [-0.2, 0) is 9.53 Å². The molecule has 2 heterocycles. The fraction of sp³-hybridized carbons (Fsp3) is 0.895. The number of hydrogen-bond acceptors (Lipinski definition) is 5. The number of rotatable bonds is 3. The molecule has 0 aromatic rings. The lowest BCUT2D eigenvalue weighted by atomic mass is 9.94. The molecule has 3 fully saturated rings. The molecule has 1 unspecified atom stereocenters. The van der Waals surface area contributed by atoms with Crippen LogP contribution in [0.2, 0.25) is 0 Å². The second-order valence-electron chi connectivity index (χ2n) is 7.84. The number of ether oxygens (including phenoxy) is 1. The van der Waals surface area contributed by atoms with E-state index in [1.165, 1.54) is 19.3 Å². The number of likely N-dealkylation sites (tertiary alicyclic amines) is 1. The van der Waals surface area contributed by atoms with Crippen molar-refractivity contribution in [2.24, 2.45) is 0 Å². The molecule has 7 heteroatoms. The summed E-state index contributed by atoms with van der Waals surface area (Å²) in [5.74, 6) is 0.154. The van der Waals surface area contributed by atoms with E-state index < -0.39 is 6.10 Å². The van der Waals surface area contributed by atoms with Gasteiger partial charge in [-0.05, 0) is 32.6 Å². The maximum Gasteiger partial charge on any atom is 0.409 e. The van der Waals surface area contributed by atoms with Crippen molar-refractivity contribution in [3.8, 4) is 0 Å². The van der Waals surface area contributed by atoms with Crippen LogP contribution in [0.5, 0.6) is 0 Å². The van der Waals surface area contributed by atoms with Crippen LogP contribution in [0.1, 0.15) is 51.9 Å². The molecule has 0 radical (unpaired) electrons. The molecule has 3 rings (SSSR count). The van der Waals surface area contributed by atoms with Crippen molar-refractivity contribution in [2.45, 2.75) is 70.1 Å². The molecule has 3 aliphatic rings. The third-order valence-corrected chi connectivity index (χ3v) is 6.03. The maximum atomic E-state index is 12.9. The fourth-order valence-corrected chi connectivity index (χ4v) is 4.64. The Balaban J connectivity index is 1.56. The first-order valence-corrected chi connectivity index (χ1v) is 10.2. The molecule has 0 aromatic carbocycles. The second kappa shape index (κ2) is 9.04. The van der Waals surface area contributed by atoms with Gasteiger partial charge in [-0.1, -0.05) is 19.3 Å². The molecular formula is C19H33N3O4. The Labute approximate surface area is 156 Å². The molecule has 0 spiro atoms. The van der Waals surface area contributed by atoms with Gasteiger partial charge >= 0.3 is 6.09 Å². The molecule has 0 aromatic heterocycles. The summed E-state index contributed by atoms with van der Waals surface area (Å²) in [5.41, 5.74) is 0. The lowest BCUT2D eigenvalue weighted by Gasteiger charge is -2.37. The molecule has 1 aliphatic carbocycles. The third-order valence-electron chi connectivity index (χ3n) is 6.03. The van der Waals surface area contributed by atoms with Crippen molar-refractivity contribution in [3.05, 3.63) is 0 Å². The van der Waals surface area contributed by atoms with Gasteiger partial charge in [-0.15, -0.1) is 0 Å². The number of aliphatic hydroxyl groups excluding tert-OH is 1. The van der Waals surface area contributed by atoms with Crippen LogP contribution in [0.4, 0.5) is 4.79 Å². The number of amides is 2. The minimum absolute atomic E-state index is 0.154. The quantitative estimate of drug-likeness (QED) is 0.817. The van der Waals surface area contributed by atoms with Crippen molar-refractivity contribution in [1.82, 2.24) is 14.7 Å². The summed E-state index contributed by atoms with van der Waals surface area (Å²) >= 11 is 0. The van der Waals surface area contributed by atoms with Crippen LogP contribution in [0.15, 0.2) is 0 Å². The monoisotopic (exact) mass is 367 g/mol. The summed E-state index contributed by atoms with van der Waals surface area (Å²) in [5, 5.41) is 10.5. The van der Waals surface area contributed by atoms with E-state index in [-0.39, 0.29) is 18.0 Å². The molecule has 2 saturated heterocycles. The summed E-state index contributed by atoms with van der Waals surface area (Å²) in [6, 6.07) is 0.544. The highest BCUT2D eigenvalue weighted by molar-refractivity contribution is 5.79. The Kier molecular flexibility index (Phi) is 6.75. The number of hydrogen-bond donors (Lipinski definition) is 1. The van der Waals surface area contributed by atoms with E-state index in [9.17, 15) is 14.7 Å². The first kappa shape index (κ1) is 19.4. The molecule has 0 bridgehead atoms. The van der Waals surface area contributed by atoms with Gasteiger partial charge in [0.25, 0.3) is 0 Å². The topological polar surface area (TPSA) is 73.3 Å². The molecule has 2 amide bonds. The largest absolute Gasteiger partial charge is 0.450 e. The Morgan fingerprint density at radius 3 is 2.42 bits per heavy atom. The highest BCUT2D eigenvalue weighted by atomic mass is 16.6. The lowest BCUT2D eigenvalue weighted by molar-refractivity contribution is -0.135. The molecule has 2 aliphatic heterocycles. The standard InChI is InChI=1S/C19H33N3O4/c1-2-26-19(25)20-10-8-15(9-11-20)21-12-17(23)13-22(18(24)14-21)16-6-4-3-5-7-16/h15-17,23H,2-14H2,1H3. The van der Waals surface area contributed by atoms with Gasteiger partial charge in [0, 0.05) is 38.3 Å². The average molecular weight is 367 g/mol. The zero-order chi connectivity index (χ0) is 18.5. The average Bonchev–Trinajstić information content (AvgIpc) is 2.81. The minimum atomic E-state index is -0.494. The van der Waals surface area contributed by atoms with Crippen LogP contribution in [0.25, 0.3) is 0 Å². The van der Waals surface area contributed by atoms with Gasteiger partial charge in [0.05, 0.1) is 19.3 Å². The van der Waals surface area contributed by atoms with E-state index in [2.05, 4.69) is 4.90 Å². The van der Waals surface area contributed by atoms with Crippen molar-refractivity contribution in [2.75, 3.05) is 39.3 Å². The van der Waals surface area contributed by atoms with Gasteiger partial charge in [0.15, 0.2) is 0 Å². The van der Waals surface area contributed by atoms with Gasteiger partial charge in [0.1, 0.15) is 0 Å².